The van der Waals surface area contributed by atoms with Gasteiger partial charge in [-0.05, 0) is 12.5 Å². The third-order valence-electron chi connectivity index (χ3n) is 1.93. The Morgan fingerprint density at radius 2 is 2.36 bits per heavy atom. The molecule has 0 radical (unpaired) electrons. The molecule has 3 N–H and O–H groups in total. The van der Waals surface area contributed by atoms with Gasteiger partial charge in [0.1, 0.15) is 6.04 Å². The van der Waals surface area contributed by atoms with Crippen LogP contribution in [-0.2, 0) is 6.54 Å². The minimum Gasteiger partial charge on any atom is -0.271 e. The maximum absolute atomic E-state index is 12.5. The van der Waals surface area contributed by atoms with Gasteiger partial charge in [-0.25, -0.2) is 14.2 Å². The number of nitrogens with two attached hydrogens (primary N) is 1. The SMILES string of the molecule is CCCn1nccc1C(NN)C(F)F. The van der Waals surface area contributed by atoms with Gasteiger partial charge < -0.3 is 0 Å². The Hall–Kier alpha value is -1.01. The first-order chi connectivity index (χ1) is 6.70. The first-order valence-corrected chi connectivity index (χ1v) is 4.46. The van der Waals surface area contributed by atoms with E-state index in [1.807, 2.05) is 6.92 Å². The lowest BCUT2D eigenvalue weighted by atomic mass is 10.2. The van der Waals surface area contributed by atoms with Crippen LogP contribution in [0.15, 0.2) is 12.3 Å². The monoisotopic (exact) mass is 204 g/mol. The van der Waals surface area contributed by atoms with Crippen molar-refractivity contribution in [1.29, 1.82) is 0 Å². The summed E-state index contributed by atoms with van der Waals surface area (Å²) in [6, 6.07) is 0.399. The molecule has 0 spiro atoms. The van der Waals surface area contributed by atoms with Crippen molar-refractivity contribution >= 4 is 0 Å². The van der Waals surface area contributed by atoms with Crippen molar-refractivity contribution < 1.29 is 8.78 Å². The van der Waals surface area contributed by atoms with Crippen LogP contribution in [0.1, 0.15) is 25.1 Å². The number of nitrogens with zero attached hydrogens (tertiary/aromatic N) is 2. The summed E-state index contributed by atoms with van der Waals surface area (Å²) in [6.07, 6.45) is -0.195. The molecule has 1 heterocycles. The van der Waals surface area contributed by atoms with Crippen molar-refractivity contribution in [3.8, 4) is 0 Å². The normalized spacial score (nSPS) is 13.5. The second kappa shape index (κ2) is 5.02. The van der Waals surface area contributed by atoms with E-state index in [0.29, 0.717) is 12.2 Å². The van der Waals surface area contributed by atoms with Gasteiger partial charge >= 0.3 is 0 Å². The zero-order valence-electron chi connectivity index (χ0n) is 7.95. The van der Waals surface area contributed by atoms with Crippen LogP contribution in [0.4, 0.5) is 8.78 Å². The van der Waals surface area contributed by atoms with Crippen molar-refractivity contribution in [2.45, 2.75) is 32.4 Å². The van der Waals surface area contributed by atoms with Crippen LogP contribution in [-0.4, -0.2) is 16.2 Å². The predicted octanol–water partition coefficient (Wildman–Crippen LogP) is 1.06. The summed E-state index contributed by atoms with van der Waals surface area (Å²) in [5.41, 5.74) is 2.51. The van der Waals surface area contributed by atoms with Crippen molar-refractivity contribution in [3.05, 3.63) is 18.0 Å². The van der Waals surface area contributed by atoms with Crippen LogP contribution in [0, 0.1) is 0 Å². The fraction of sp³-hybridized carbons (Fsp3) is 0.625. The van der Waals surface area contributed by atoms with E-state index in [1.54, 1.807) is 6.07 Å². The molecule has 1 atom stereocenters. The second-order valence-electron chi connectivity index (χ2n) is 2.96. The molecule has 0 aromatic carbocycles. The number of hydrogen-bond acceptors (Lipinski definition) is 3. The Kier molecular flexibility index (Phi) is 3.97. The molecule has 1 aromatic heterocycles. The van der Waals surface area contributed by atoms with E-state index < -0.39 is 12.5 Å². The zero-order valence-corrected chi connectivity index (χ0v) is 7.95. The quantitative estimate of drug-likeness (QED) is 0.557. The van der Waals surface area contributed by atoms with Crippen LogP contribution in [0.2, 0.25) is 0 Å². The molecule has 0 saturated carbocycles. The van der Waals surface area contributed by atoms with Crippen molar-refractivity contribution in [2.24, 2.45) is 5.84 Å². The third-order valence-corrected chi connectivity index (χ3v) is 1.93. The summed E-state index contributed by atoms with van der Waals surface area (Å²) in [5.74, 6) is 5.06. The number of alkyl halides is 2. The number of hydrazine groups is 1. The summed E-state index contributed by atoms with van der Waals surface area (Å²) < 4.78 is 26.5. The highest BCUT2D eigenvalue weighted by atomic mass is 19.3. The van der Waals surface area contributed by atoms with Crippen LogP contribution in [0.25, 0.3) is 0 Å². The van der Waals surface area contributed by atoms with Gasteiger partial charge in [0.25, 0.3) is 6.43 Å². The highest BCUT2D eigenvalue weighted by Gasteiger charge is 2.23. The van der Waals surface area contributed by atoms with Crippen LogP contribution in [0.5, 0.6) is 0 Å². The summed E-state index contributed by atoms with van der Waals surface area (Å²) in [5, 5.41) is 3.94. The highest BCUT2D eigenvalue weighted by molar-refractivity contribution is 5.07. The van der Waals surface area contributed by atoms with Crippen LogP contribution >= 0.6 is 0 Å². The number of nitrogens with one attached hydrogen (secondary N) is 1. The fourth-order valence-corrected chi connectivity index (χ4v) is 1.29. The summed E-state index contributed by atoms with van der Waals surface area (Å²) in [4.78, 5) is 0. The van der Waals surface area contributed by atoms with Crippen molar-refractivity contribution in [1.82, 2.24) is 15.2 Å². The first kappa shape index (κ1) is 11.1. The molecule has 1 rings (SSSR count). The van der Waals surface area contributed by atoms with E-state index in [2.05, 4.69) is 10.5 Å². The largest absolute Gasteiger partial charge is 0.271 e. The highest BCUT2D eigenvalue weighted by Crippen LogP contribution is 2.19. The lowest BCUT2D eigenvalue weighted by molar-refractivity contribution is 0.0943. The van der Waals surface area contributed by atoms with Gasteiger partial charge in [0.15, 0.2) is 0 Å². The third kappa shape index (κ3) is 2.27. The molecule has 0 aliphatic carbocycles. The molecule has 0 aliphatic heterocycles. The molecule has 1 aromatic rings. The van der Waals surface area contributed by atoms with Gasteiger partial charge in [0.2, 0.25) is 0 Å². The van der Waals surface area contributed by atoms with Gasteiger partial charge in [0, 0.05) is 12.7 Å². The molecule has 0 saturated heterocycles. The average molecular weight is 204 g/mol. The average Bonchev–Trinajstić information content (AvgIpc) is 2.55. The maximum Gasteiger partial charge on any atom is 0.260 e. The minimum atomic E-state index is -2.53. The van der Waals surface area contributed by atoms with Crippen molar-refractivity contribution in [3.63, 3.8) is 0 Å². The molecule has 0 aliphatic rings. The second-order valence-corrected chi connectivity index (χ2v) is 2.96. The number of aromatic nitrogens is 2. The molecule has 0 bridgehead atoms. The van der Waals surface area contributed by atoms with E-state index in [4.69, 9.17) is 5.84 Å². The first-order valence-electron chi connectivity index (χ1n) is 4.46. The zero-order chi connectivity index (χ0) is 10.6. The molecule has 6 heteroatoms. The molecule has 4 nitrogen and oxygen atoms in total. The van der Waals surface area contributed by atoms with E-state index in [9.17, 15) is 8.78 Å². The topological polar surface area (TPSA) is 55.9 Å². The standard InChI is InChI=1S/C8H14F2N4/c1-2-5-14-6(3-4-12-14)7(13-11)8(9)10/h3-4,7-8,13H,2,5,11H2,1H3. The minimum absolute atomic E-state index is 0.421. The Morgan fingerprint density at radius 3 is 2.86 bits per heavy atom. The van der Waals surface area contributed by atoms with E-state index in [1.165, 1.54) is 10.9 Å². The molecule has 0 fully saturated rings. The van der Waals surface area contributed by atoms with E-state index in [-0.39, 0.29) is 0 Å². The molecular formula is C8H14F2N4. The summed E-state index contributed by atoms with van der Waals surface area (Å²) in [7, 11) is 0. The van der Waals surface area contributed by atoms with Gasteiger partial charge in [-0.15, -0.1) is 0 Å². The Bertz CT molecular complexity index is 274. The lowest BCUT2D eigenvalue weighted by Gasteiger charge is -2.16. The molecule has 1 unspecified atom stereocenters. The summed E-state index contributed by atoms with van der Waals surface area (Å²) in [6.45, 7) is 2.58. The molecule has 0 amide bonds. The Labute approximate surface area is 81.1 Å². The van der Waals surface area contributed by atoms with Gasteiger partial charge in [0.05, 0.1) is 5.69 Å². The number of halogens is 2. The Morgan fingerprint density at radius 1 is 1.64 bits per heavy atom. The van der Waals surface area contributed by atoms with Crippen LogP contribution in [0.3, 0.4) is 0 Å². The van der Waals surface area contributed by atoms with E-state index >= 15 is 0 Å². The van der Waals surface area contributed by atoms with Crippen LogP contribution < -0.4 is 11.3 Å². The molecule has 80 valence electrons. The molecular weight excluding hydrogens is 190 g/mol. The van der Waals surface area contributed by atoms with Gasteiger partial charge in [-0.2, -0.15) is 5.10 Å². The van der Waals surface area contributed by atoms with Gasteiger partial charge in [-0.3, -0.25) is 10.5 Å². The number of rotatable bonds is 5. The van der Waals surface area contributed by atoms with Gasteiger partial charge in [-0.1, -0.05) is 6.92 Å². The lowest BCUT2D eigenvalue weighted by Crippen LogP contribution is -2.34. The maximum atomic E-state index is 12.5. The number of aryl methyl sites for hydroxylation is 1. The molecule has 14 heavy (non-hydrogen) atoms. The Balaban J connectivity index is 2.86. The van der Waals surface area contributed by atoms with E-state index in [0.717, 1.165) is 6.42 Å². The summed E-state index contributed by atoms with van der Waals surface area (Å²) >= 11 is 0. The predicted molar refractivity (Wildman–Crippen MR) is 48.6 cm³/mol. The smallest absolute Gasteiger partial charge is 0.260 e. The number of hydrogen-bond donors (Lipinski definition) is 2. The van der Waals surface area contributed by atoms with Crippen molar-refractivity contribution in [2.75, 3.05) is 0 Å². The fourth-order valence-electron chi connectivity index (χ4n) is 1.29.